The van der Waals surface area contributed by atoms with Gasteiger partial charge in [0.15, 0.2) is 0 Å². The second kappa shape index (κ2) is 8.82. The third-order valence-corrected chi connectivity index (χ3v) is 7.30. The number of nitrogens with zero attached hydrogens (tertiary/aromatic N) is 1. The fourth-order valence-electron chi connectivity index (χ4n) is 3.20. The number of aryl methyl sites for hydroxylation is 1. The summed E-state index contributed by atoms with van der Waals surface area (Å²) >= 11 is 12.0. The molecule has 0 saturated carbocycles. The lowest BCUT2D eigenvalue weighted by Gasteiger charge is -2.30. The Morgan fingerprint density at radius 1 is 1.11 bits per heavy atom. The quantitative estimate of drug-likeness (QED) is 0.744. The molecule has 2 aromatic rings. The third-order valence-electron chi connectivity index (χ3n) is 4.89. The fraction of sp³-hybridized carbons (Fsp3) is 0.350. The number of hydrogen-bond donors (Lipinski definition) is 1. The van der Waals surface area contributed by atoms with Gasteiger partial charge >= 0.3 is 0 Å². The lowest BCUT2D eigenvalue weighted by Crippen LogP contribution is -2.41. The maximum atomic E-state index is 12.7. The largest absolute Gasteiger partial charge is 0.326 e. The first kappa shape index (κ1) is 21.1. The number of sulfonamides is 1. The highest BCUT2D eigenvalue weighted by Crippen LogP contribution is 2.26. The number of hydrogen-bond acceptors (Lipinski definition) is 3. The van der Waals surface area contributed by atoms with E-state index < -0.39 is 10.0 Å². The highest BCUT2D eigenvalue weighted by molar-refractivity contribution is 7.88. The van der Waals surface area contributed by atoms with E-state index in [2.05, 4.69) is 5.32 Å². The first-order chi connectivity index (χ1) is 13.2. The minimum Gasteiger partial charge on any atom is -0.326 e. The van der Waals surface area contributed by atoms with Gasteiger partial charge < -0.3 is 5.32 Å². The number of nitrogens with one attached hydrogen (secondary N) is 1. The first-order valence-corrected chi connectivity index (χ1v) is 11.4. The molecule has 150 valence electrons. The van der Waals surface area contributed by atoms with Crippen LogP contribution in [0.2, 0.25) is 10.0 Å². The van der Waals surface area contributed by atoms with Crippen molar-refractivity contribution in [2.45, 2.75) is 25.5 Å². The van der Waals surface area contributed by atoms with E-state index in [1.807, 2.05) is 31.2 Å². The summed E-state index contributed by atoms with van der Waals surface area (Å²) in [5, 5.41) is 3.71. The molecule has 0 aliphatic carbocycles. The molecule has 28 heavy (non-hydrogen) atoms. The number of halogens is 2. The van der Waals surface area contributed by atoms with E-state index in [-0.39, 0.29) is 17.6 Å². The van der Waals surface area contributed by atoms with E-state index in [1.165, 1.54) is 10.4 Å². The van der Waals surface area contributed by atoms with E-state index in [4.69, 9.17) is 23.2 Å². The second-order valence-electron chi connectivity index (χ2n) is 7.02. The van der Waals surface area contributed by atoms with Crippen LogP contribution in [-0.4, -0.2) is 31.7 Å². The molecule has 1 heterocycles. The van der Waals surface area contributed by atoms with Gasteiger partial charge in [-0.25, -0.2) is 12.7 Å². The molecule has 5 nitrogen and oxygen atoms in total. The third kappa shape index (κ3) is 5.26. The molecule has 2 aromatic carbocycles. The van der Waals surface area contributed by atoms with Gasteiger partial charge in [-0.1, -0.05) is 47.0 Å². The van der Waals surface area contributed by atoms with Crippen LogP contribution in [-0.2, 0) is 20.6 Å². The van der Waals surface area contributed by atoms with Crippen molar-refractivity contribution in [2.75, 3.05) is 18.4 Å². The minimum absolute atomic E-state index is 0.0679. The summed E-state index contributed by atoms with van der Waals surface area (Å²) in [6.45, 7) is 2.62. The highest BCUT2D eigenvalue weighted by atomic mass is 35.5. The summed E-state index contributed by atoms with van der Waals surface area (Å²) in [5.41, 5.74) is 2.39. The molecule has 0 atom stereocenters. The molecule has 0 aromatic heterocycles. The predicted octanol–water partition coefficient (Wildman–Crippen LogP) is 4.48. The van der Waals surface area contributed by atoms with Gasteiger partial charge in [0.2, 0.25) is 15.9 Å². The van der Waals surface area contributed by atoms with Crippen LogP contribution in [0.4, 0.5) is 5.69 Å². The van der Waals surface area contributed by atoms with Gasteiger partial charge in [-0.3, -0.25) is 4.79 Å². The van der Waals surface area contributed by atoms with Crippen LogP contribution < -0.4 is 5.32 Å². The molecule has 0 radical (unpaired) electrons. The molecular formula is C20H22Cl2N2O3S. The number of amides is 1. The predicted molar refractivity (Wildman–Crippen MR) is 113 cm³/mol. The highest BCUT2D eigenvalue weighted by Gasteiger charge is 2.31. The lowest BCUT2D eigenvalue weighted by atomic mass is 9.97. The Hall–Kier alpha value is -1.60. The second-order valence-corrected chi connectivity index (χ2v) is 9.83. The normalized spacial score (nSPS) is 16.1. The van der Waals surface area contributed by atoms with Crippen LogP contribution in [0.3, 0.4) is 0 Å². The first-order valence-electron chi connectivity index (χ1n) is 9.04. The van der Waals surface area contributed by atoms with Gasteiger partial charge in [-0.2, -0.15) is 0 Å². The molecule has 0 bridgehead atoms. The summed E-state index contributed by atoms with van der Waals surface area (Å²) in [5.74, 6) is -0.447. The zero-order valence-electron chi connectivity index (χ0n) is 15.5. The van der Waals surface area contributed by atoms with Crippen LogP contribution >= 0.6 is 23.2 Å². The molecule has 0 unspecified atom stereocenters. The average Bonchev–Trinajstić information content (AvgIpc) is 2.66. The van der Waals surface area contributed by atoms with Crippen molar-refractivity contribution in [3.8, 4) is 0 Å². The van der Waals surface area contributed by atoms with E-state index in [0.717, 1.165) is 11.3 Å². The van der Waals surface area contributed by atoms with Crippen molar-refractivity contribution < 1.29 is 13.2 Å². The lowest BCUT2D eigenvalue weighted by molar-refractivity contribution is -0.120. The van der Waals surface area contributed by atoms with Crippen molar-refractivity contribution in [3.05, 3.63) is 63.6 Å². The van der Waals surface area contributed by atoms with Crippen molar-refractivity contribution in [1.29, 1.82) is 0 Å². The van der Waals surface area contributed by atoms with Gasteiger partial charge in [-0.15, -0.1) is 0 Å². The summed E-state index contributed by atoms with van der Waals surface area (Å²) in [6, 6.07) is 12.4. The zero-order valence-corrected chi connectivity index (χ0v) is 17.8. The molecule has 3 rings (SSSR count). The number of benzene rings is 2. The maximum Gasteiger partial charge on any atom is 0.227 e. The number of carbonyl (C=O) groups is 1. The fourth-order valence-corrected chi connectivity index (χ4v) is 5.35. The van der Waals surface area contributed by atoms with Crippen molar-refractivity contribution in [3.63, 3.8) is 0 Å². The molecule has 1 aliphatic heterocycles. The molecule has 1 amide bonds. The average molecular weight is 441 g/mol. The van der Waals surface area contributed by atoms with Crippen molar-refractivity contribution >= 4 is 44.8 Å². The van der Waals surface area contributed by atoms with E-state index in [0.29, 0.717) is 41.5 Å². The monoisotopic (exact) mass is 440 g/mol. The van der Waals surface area contributed by atoms with Crippen molar-refractivity contribution in [2.24, 2.45) is 5.92 Å². The van der Waals surface area contributed by atoms with Crippen LogP contribution in [0.5, 0.6) is 0 Å². The number of rotatable bonds is 5. The van der Waals surface area contributed by atoms with Gasteiger partial charge in [-0.05, 0) is 49.6 Å². The number of carbonyl (C=O) groups excluding carboxylic acids is 1. The maximum absolute atomic E-state index is 12.7. The van der Waals surface area contributed by atoms with E-state index in [9.17, 15) is 13.2 Å². The topological polar surface area (TPSA) is 66.5 Å². The van der Waals surface area contributed by atoms with Crippen LogP contribution in [0, 0.1) is 12.8 Å². The SMILES string of the molecule is Cc1ccc(NC(=O)C2CCN(S(=O)(=O)Cc3ccc(Cl)cc3Cl)CC2)cc1. The Morgan fingerprint density at radius 3 is 2.36 bits per heavy atom. The van der Waals surface area contributed by atoms with Crippen molar-refractivity contribution in [1.82, 2.24) is 4.31 Å². The molecule has 1 N–H and O–H groups in total. The van der Waals surface area contributed by atoms with Crippen LogP contribution in [0.15, 0.2) is 42.5 Å². The molecule has 1 fully saturated rings. The molecule has 1 aliphatic rings. The van der Waals surface area contributed by atoms with E-state index >= 15 is 0 Å². The smallest absolute Gasteiger partial charge is 0.227 e. The Morgan fingerprint density at radius 2 is 1.75 bits per heavy atom. The Kier molecular flexibility index (Phi) is 6.65. The molecular weight excluding hydrogens is 419 g/mol. The van der Waals surface area contributed by atoms with Gasteiger partial charge in [0.25, 0.3) is 0 Å². The van der Waals surface area contributed by atoms with E-state index in [1.54, 1.807) is 12.1 Å². The number of anilines is 1. The van der Waals surface area contributed by atoms with Crippen LogP contribution in [0.1, 0.15) is 24.0 Å². The van der Waals surface area contributed by atoms with Gasteiger partial charge in [0.1, 0.15) is 0 Å². The number of piperidine rings is 1. The van der Waals surface area contributed by atoms with Gasteiger partial charge in [0, 0.05) is 34.7 Å². The molecule has 1 saturated heterocycles. The minimum atomic E-state index is -3.51. The van der Waals surface area contributed by atoms with Crippen LogP contribution in [0.25, 0.3) is 0 Å². The molecule has 8 heteroatoms. The summed E-state index contributed by atoms with van der Waals surface area (Å²) in [7, 11) is -3.51. The Bertz CT molecular complexity index is 954. The Labute approximate surface area is 175 Å². The van der Waals surface area contributed by atoms with Gasteiger partial charge in [0.05, 0.1) is 5.75 Å². The zero-order chi connectivity index (χ0) is 20.3. The summed E-state index contributed by atoms with van der Waals surface area (Å²) < 4.78 is 26.9. The summed E-state index contributed by atoms with van der Waals surface area (Å²) in [6.07, 6.45) is 0.983. The summed E-state index contributed by atoms with van der Waals surface area (Å²) in [4.78, 5) is 12.5. The Balaban J connectivity index is 1.57. The molecule has 0 spiro atoms. The standard InChI is InChI=1S/C20H22Cl2N2O3S/c1-14-2-6-18(7-3-14)23-20(25)15-8-10-24(11-9-15)28(26,27)13-16-4-5-17(21)12-19(16)22/h2-7,12,15H,8-11,13H2,1H3,(H,23,25).